The number of hydrogen-bond acceptors (Lipinski definition) is 4. The van der Waals surface area contributed by atoms with Crippen LogP contribution in [0.4, 0.5) is 0 Å². The SMILES string of the molecule is CC1=C(CCCC(=O)O)NC2=CC(N(CCO)CCCl)=CCC2C1. The van der Waals surface area contributed by atoms with E-state index >= 15 is 0 Å². The second kappa shape index (κ2) is 9.14. The Bertz CT molecular complexity index is 548. The molecule has 1 unspecified atom stereocenters. The van der Waals surface area contributed by atoms with E-state index < -0.39 is 5.97 Å². The molecule has 5 nitrogen and oxygen atoms in total. The Morgan fingerprint density at radius 2 is 2.25 bits per heavy atom. The number of nitrogens with one attached hydrogen (secondary N) is 1. The summed E-state index contributed by atoms with van der Waals surface area (Å²) in [4.78, 5) is 12.8. The molecule has 0 aromatic heterocycles. The molecule has 0 bridgehead atoms. The molecular formula is C18H27ClN2O3. The van der Waals surface area contributed by atoms with E-state index in [9.17, 15) is 9.90 Å². The second-order valence-corrected chi connectivity index (χ2v) is 6.77. The fourth-order valence-electron chi connectivity index (χ4n) is 3.34. The van der Waals surface area contributed by atoms with Gasteiger partial charge in [-0.05, 0) is 38.7 Å². The number of carbonyl (C=O) groups is 1. The summed E-state index contributed by atoms with van der Waals surface area (Å²) >= 11 is 5.87. The maximum Gasteiger partial charge on any atom is 0.303 e. The van der Waals surface area contributed by atoms with Gasteiger partial charge >= 0.3 is 5.97 Å². The van der Waals surface area contributed by atoms with Crippen molar-refractivity contribution >= 4 is 17.6 Å². The van der Waals surface area contributed by atoms with E-state index in [0.29, 0.717) is 31.3 Å². The lowest BCUT2D eigenvalue weighted by Gasteiger charge is -2.35. The Morgan fingerprint density at radius 3 is 2.92 bits per heavy atom. The zero-order valence-electron chi connectivity index (χ0n) is 14.2. The van der Waals surface area contributed by atoms with E-state index in [1.807, 2.05) is 0 Å². The van der Waals surface area contributed by atoms with Crippen molar-refractivity contribution in [2.24, 2.45) is 5.92 Å². The van der Waals surface area contributed by atoms with Crippen LogP contribution in [0.2, 0.25) is 0 Å². The zero-order valence-corrected chi connectivity index (χ0v) is 15.0. The van der Waals surface area contributed by atoms with Crippen molar-refractivity contribution in [3.63, 3.8) is 0 Å². The quantitative estimate of drug-likeness (QED) is 0.555. The Morgan fingerprint density at radius 1 is 1.46 bits per heavy atom. The molecule has 6 heteroatoms. The normalized spacial score (nSPS) is 20.0. The molecule has 134 valence electrons. The average molecular weight is 355 g/mol. The lowest BCUT2D eigenvalue weighted by molar-refractivity contribution is -0.137. The standard InChI is InChI=1S/C18H27ClN2O3/c1-13-11-14-5-6-15(21(8-7-19)9-10-22)12-17(14)20-16(13)3-2-4-18(23)24/h6,12,14,20,22H,2-5,7-11H2,1H3,(H,23,24). The van der Waals surface area contributed by atoms with Gasteiger partial charge in [0.1, 0.15) is 0 Å². The molecule has 3 N–H and O–H groups in total. The first-order valence-corrected chi connectivity index (χ1v) is 9.09. The third-order valence-corrected chi connectivity index (χ3v) is 4.79. The van der Waals surface area contributed by atoms with Crippen molar-refractivity contribution in [2.45, 2.75) is 39.0 Å². The molecule has 0 aromatic carbocycles. The third kappa shape index (κ3) is 5.02. The van der Waals surface area contributed by atoms with Crippen molar-refractivity contribution < 1.29 is 15.0 Å². The van der Waals surface area contributed by atoms with E-state index in [-0.39, 0.29) is 13.0 Å². The van der Waals surface area contributed by atoms with Crippen LogP contribution in [0.15, 0.2) is 34.8 Å². The number of aliphatic carboxylic acids is 1. The van der Waals surface area contributed by atoms with Gasteiger partial charge in [0, 0.05) is 48.4 Å². The first kappa shape index (κ1) is 18.9. The van der Waals surface area contributed by atoms with E-state index in [2.05, 4.69) is 29.3 Å². The smallest absolute Gasteiger partial charge is 0.303 e. The topological polar surface area (TPSA) is 72.8 Å². The number of aliphatic hydroxyl groups is 1. The lowest BCUT2D eigenvalue weighted by atomic mass is 9.85. The van der Waals surface area contributed by atoms with Gasteiger partial charge in [0.25, 0.3) is 0 Å². The highest BCUT2D eigenvalue weighted by Gasteiger charge is 2.26. The van der Waals surface area contributed by atoms with E-state index in [4.69, 9.17) is 16.7 Å². The first-order chi connectivity index (χ1) is 11.5. The number of aliphatic hydroxyl groups excluding tert-OH is 1. The number of allylic oxidation sites excluding steroid dienone is 5. The van der Waals surface area contributed by atoms with Crippen molar-refractivity contribution in [1.82, 2.24) is 10.2 Å². The summed E-state index contributed by atoms with van der Waals surface area (Å²) in [5.74, 6) is 0.241. The van der Waals surface area contributed by atoms with Gasteiger partial charge < -0.3 is 20.4 Å². The minimum atomic E-state index is -0.746. The molecule has 24 heavy (non-hydrogen) atoms. The molecule has 1 atom stereocenters. The number of fused-ring (bicyclic) bond motifs is 1. The van der Waals surface area contributed by atoms with Crippen LogP contribution < -0.4 is 5.32 Å². The largest absolute Gasteiger partial charge is 0.481 e. The Balaban J connectivity index is 2.05. The predicted molar refractivity (Wildman–Crippen MR) is 95.6 cm³/mol. The summed E-state index contributed by atoms with van der Waals surface area (Å²) in [7, 11) is 0. The van der Waals surface area contributed by atoms with Gasteiger partial charge in [-0.2, -0.15) is 0 Å². The fourth-order valence-corrected chi connectivity index (χ4v) is 3.54. The molecule has 0 saturated heterocycles. The molecule has 1 heterocycles. The Kier molecular flexibility index (Phi) is 7.18. The van der Waals surface area contributed by atoms with Crippen LogP contribution in [0, 0.1) is 5.92 Å². The first-order valence-electron chi connectivity index (χ1n) is 8.56. The van der Waals surface area contributed by atoms with E-state index in [1.54, 1.807) is 0 Å². The summed E-state index contributed by atoms with van der Waals surface area (Å²) in [6, 6.07) is 0. The Hall–Kier alpha value is -1.46. The van der Waals surface area contributed by atoms with Crippen LogP contribution in [0.25, 0.3) is 0 Å². The fraction of sp³-hybridized carbons (Fsp3) is 0.611. The van der Waals surface area contributed by atoms with Crippen LogP contribution in [0.3, 0.4) is 0 Å². The molecule has 0 amide bonds. The van der Waals surface area contributed by atoms with Gasteiger partial charge in [0.2, 0.25) is 0 Å². The molecule has 0 spiro atoms. The van der Waals surface area contributed by atoms with Gasteiger partial charge in [0.15, 0.2) is 0 Å². The summed E-state index contributed by atoms with van der Waals surface area (Å²) in [5.41, 5.74) is 4.78. The number of nitrogens with zero attached hydrogens (tertiary/aromatic N) is 1. The molecule has 2 rings (SSSR count). The van der Waals surface area contributed by atoms with Crippen molar-refractivity contribution in [2.75, 3.05) is 25.6 Å². The van der Waals surface area contributed by atoms with Gasteiger partial charge in [-0.3, -0.25) is 4.79 Å². The summed E-state index contributed by atoms with van der Waals surface area (Å²) in [6.45, 7) is 3.52. The number of halogens is 1. The number of rotatable bonds is 9. The van der Waals surface area contributed by atoms with Crippen LogP contribution in [0.1, 0.15) is 39.0 Å². The highest BCUT2D eigenvalue weighted by molar-refractivity contribution is 6.18. The van der Waals surface area contributed by atoms with Gasteiger partial charge in [-0.15, -0.1) is 11.6 Å². The molecule has 1 aliphatic carbocycles. The average Bonchev–Trinajstić information content (AvgIpc) is 2.54. The number of carboxylic acids is 1. The molecule has 1 aliphatic heterocycles. The number of alkyl halides is 1. The minimum Gasteiger partial charge on any atom is -0.481 e. The maximum atomic E-state index is 10.7. The van der Waals surface area contributed by atoms with Crippen LogP contribution in [-0.4, -0.2) is 46.7 Å². The molecule has 2 aliphatic rings. The number of hydrogen-bond donors (Lipinski definition) is 3. The van der Waals surface area contributed by atoms with Crippen molar-refractivity contribution in [3.8, 4) is 0 Å². The number of carboxylic acid groups (broad SMARTS) is 1. The molecule has 0 fully saturated rings. The van der Waals surface area contributed by atoms with Gasteiger partial charge in [-0.25, -0.2) is 0 Å². The third-order valence-electron chi connectivity index (χ3n) is 4.62. The van der Waals surface area contributed by atoms with Gasteiger partial charge in [-0.1, -0.05) is 11.6 Å². The van der Waals surface area contributed by atoms with Gasteiger partial charge in [0.05, 0.1) is 6.61 Å². The molecule has 0 radical (unpaired) electrons. The maximum absolute atomic E-state index is 10.7. The van der Waals surface area contributed by atoms with Crippen LogP contribution in [-0.2, 0) is 4.79 Å². The molecule has 0 aromatic rings. The highest BCUT2D eigenvalue weighted by atomic mass is 35.5. The summed E-state index contributed by atoms with van der Waals surface area (Å²) in [5, 5.41) is 21.6. The zero-order chi connectivity index (χ0) is 17.5. The van der Waals surface area contributed by atoms with Crippen molar-refractivity contribution in [1.29, 1.82) is 0 Å². The van der Waals surface area contributed by atoms with Crippen LogP contribution in [0.5, 0.6) is 0 Å². The monoisotopic (exact) mass is 354 g/mol. The molecule has 0 saturated carbocycles. The molecular weight excluding hydrogens is 328 g/mol. The lowest BCUT2D eigenvalue weighted by Crippen LogP contribution is -2.33. The summed E-state index contributed by atoms with van der Waals surface area (Å²) in [6.07, 6.45) is 7.98. The van der Waals surface area contributed by atoms with E-state index in [0.717, 1.165) is 30.7 Å². The Labute approximate surface area is 148 Å². The second-order valence-electron chi connectivity index (χ2n) is 6.40. The van der Waals surface area contributed by atoms with Crippen LogP contribution >= 0.6 is 11.6 Å². The van der Waals surface area contributed by atoms with E-state index in [1.165, 1.54) is 11.3 Å². The summed E-state index contributed by atoms with van der Waals surface area (Å²) < 4.78 is 0. The minimum absolute atomic E-state index is 0.105. The van der Waals surface area contributed by atoms with Crippen molar-refractivity contribution in [3.05, 3.63) is 34.8 Å². The highest BCUT2D eigenvalue weighted by Crippen LogP contribution is 2.35. The predicted octanol–water partition coefficient (Wildman–Crippen LogP) is 2.83.